The molecule has 1 amide bonds. The van der Waals surface area contributed by atoms with Gasteiger partial charge in [-0.05, 0) is 47.5 Å². The van der Waals surface area contributed by atoms with Gasteiger partial charge in [-0.15, -0.1) is 0 Å². The number of carbonyl (C=O) groups excluding carboxylic acids is 3. The normalized spacial score (nSPS) is 22.4. The van der Waals surface area contributed by atoms with Crippen molar-refractivity contribution in [2.45, 2.75) is 17.5 Å². The van der Waals surface area contributed by atoms with E-state index in [-0.39, 0.29) is 23.0 Å². The molecular formula is C36H29BrN2O6. The summed E-state index contributed by atoms with van der Waals surface area (Å²) >= 11 is 3.46. The van der Waals surface area contributed by atoms with Gasteiger partial charge in [-0.3, -0.25) is 14.4 Å². The van der Waals surface area contributed by atoms with Gasteiger partial charge in [0.2, 0.25) is 11.7 Å². The lowest BCUT2D eigenvalue weighted by molar-refractivity contribution is -0.121. The second kappa shape index (κ2) is 10.9. The second-order valence-corrected chi connectivity index (χ2v) is 12.1. The number of hydrogen-bond acceptors (Lipinski definition) is 7. The van der Waals surface area contributed by atoms with Crippen LogP contribution in [0.1, 0.15) is 31.8 Å². The average Bonchev–Trinajstić information content (AvgIpc) is 3.55. The zero-order valence-electron chi connectivity index (χ0n) is 24.7. The molecule has 0 saturated carbocycles. The minimum atomic E-state index is -1.41. The maximum atomic E-state index is 15.1. The van der Waals surface area contributed by atoms with Crippen LogP contribution in [0.25, 0.3) is 6.08 Å². The summed E-state index contributed by atoms with van der Waals surface area (Å²) in [4.78, 5) is 46.5. The van der Waals surface area contributed by atoms with Crippen LogP contribution in [0.5, 0.6) is 17.2 Å². The van der Waals surface area contributed by atoms with Crippen molar-refractivity contribution >= 4 is 50.9 Å². The Kier molecular flexibility index (Phi) is 7.00. The van der Waals surface area contributed by atoms with E-state index in [9.17, 15) is 9.59 Å². The number of rotatable bonds is 7. The van der Waals surface area contributed by atoms with Crippen LogP contribution in [0.4, 0.5) is 11.4 Å². The highest BCUT2D eigenvalue weighted by molar-refractivity contribution is 9.10. The largest absolute Gasteiger partial charge is 0.493 e. The number of halogens is 1. The van der Waals surface area contributed by atoms with Gasteiger partial charge in [0, 0.05) is 27.0 Å². The number of hydrogen-bond donors (Lipinski definition) is 1. The Morgan fingerprint density at radius 3 is 2.18 bits per heavy atom. The molecule has 1 spiro atoms. The molecule has 0 aromatic heterocycles. The first kappa shape index (κ1) is 28.9. The van der Waals surface area contributed by atoms with Crippen molar-refractivity contribution < 1.29 is 28.6 Å². The van der Waals surface area contributed by atoms with Gasteiger partial charge in [0.1, 0.15) is 11.5 Å². The minimum Gasteiger partial charge on any atom is -0.493 e. The van der Waals surface area contributed by atoms with Crippen molar-refractivity contribution in [3.63, 3.8) is 0 Å². The van der Waals surface area contributed by atoms with Crippen molar-refractivity contribution in [2.75, 3.05) is 31.5 Å². The highest BCUT2D eigenvalue weighted by atomic mass is 79.9. The predicted octanol–water partition coefficient (Wildman–Crippen LogP) is 6.33. The third kappa shape index (κ3) is 4.14. The molecule has 45 heavy (non-hydrogen) atoms. The molecular weight excluding hydrogens is 636 g/mol. The third-order valence-electron chi connectivity index (χ3n) is 9.17. The van der Waals surface area contributed by atoms with Crippen LogP contribution < -0.4 is 24.4 Å². The summed E-state index contributed by atoms with van der Waals surface area (Å²) < 4.78 is 17.5. The average molecular weight is 666 g/mol. The molecule has 4 aromatic rings. The van der Waals surface area contributed by atoms with Gasteiger partial charge in [-0.1, -0.05) is 76.6 Å². The molecule has 8 nitrogen and oxygen atoms in total. The molecule has 7 rings (SSSR count). The summed E-state index contributed by atoms with van der Waals surface area (Å²) in [6.07, 6.45) is 3.92. The summed E-state index contributed by atoms with van der Waals surface area (Å²) in [7, 11) is 4.46. The fourth-order valence-corrected chi connectivity index (χ4v) is 7.57. The molecule has 9 heteroatoms. The molecule has 3 aliphatic rings. The maximum absolute atomic E-state index is 15.1. The van der Waals surface area contributed by atoms with Crippen LogP contribution in [0.2, 0.25) is 0 Å². The van der Waals surface area contributed by atoms with E-state index in [1.54, 1.807) is 36.4 Å². The van der Waals surface area contributed by atoms with E-state index in [4.69, 9.17) is 14.2 Å². The Bertz CT molecular complexity index is 1880. The number of fused-ring (bicyclic) bond motifs is 6. The molecule has 4 atom stereocenters. The van der Waals surface area contributed by atoms with E-state index in [0.717, 1.165) is 15.7 Å². The molecule has 226 valence electrons. The highest BCUT2D eigenvalue weighted by Crippen LogP contribution is 2.58. The Morgan fingerprint density at radius 2 is 1.49 bits per heavy atom. The lowest BCUT2D eigenvalue weighted by Gasteiger charge is -2.37. The number of ether oxygens (including phenoxy) is 3. The lowest BCUT2D eigenvalue weighted by Crippen LogP contribution is -2.51. The Balaban J connectivity index is 1.53. The number of carbonyl (C=O) groups is 3. The molecule has 1 fully saturated rings. The topological polar surface area (TPSA) is 94.2 Å². The fourth-order valence-electron chi connectivity index (χ4n) is 7.31. The first-order valence-electron chi connectivity index (χ1n) is 14.5. The summed E-state index contributed by atoms with van der Waals surface area (Å²) in [5.74, 6) is -1.12. The van der Waals surface area contributed by atoms with Gasteiger partial charge in [-0.25, -0.2) is 0 Å². The molecule has 0 unspecified atom stereocenters. The number of benzene rings is 4. The molecule has 0 radical (unpaired) electrons. The first-order valence-corrected chi connectivity index (χ1v) is 15.2. The molecule has 4 aromatic carbocycles. The Morgan fingerprint density at radius 1 is 0.822 bits per heavy atom. The number of Topliss-reactive ketones (excluding diaryl/α,β-unsaturated/α-hetero) is 2. The van der Waals surface area contributed by atoms with Crippen LogP contribution in [0, 0.1) is 5.92 Å². The van der Waals surface area contributed by atoms with Gasteiger partial charge in [0.25, 0.3) is 0 Å². The van der Waals surface area contributed by atoms with Gasteiger partial charge in [-0.2, -0.15) is 0 Å². The van der Waals surface area contributed by atoms with Crippen molar-refractivity contribution in [3.8, 4) is 17.2 Å². The standard InChI is InChI=1S/C36H29BrN2O6/c1-43-27-18-22(19-28(44-2)34(27)45-3)33(41)31-30(32(40)21-12-15-23(37)16-13-21)36(24-9-5-6-10-25(24)38-35(36)42)29-17-14-20-8-4-7-11-26(20)39(29)31/h4-19,29-31H,1-3H3,(H,38,42)/t29-,30+,31+,36-/m1/s1. The van der Waals surface area contributed by atoms with E-state index < -0.39 is 23.4 Å². The van der Waals surface area contributed by atoms with E-state index in [1.165, 1.54) is 21.3 Å². The highest BCUT2D eigenvalue weighted by Gasteiger charge is 2.70. The van der Waals surface area contributed by atoms with Crippen LogP contribution in [0.15, 0.2) is 95.5 Å². The van der Waals surface area contributed by atoms with E-state index in [1.807, 2.05) is 65.6 Å². The molecule has 0 aliphatic carbocycles. The summed E-state index contributed by atoms with van der Waals surface area (Å²) in [6.45, 7) is 0. The first-order chi connectivity index (χ1) is 21.8. The number of nitrogens with one attached hydrogen (secondary N) is 1. The van der Waals surface area contributed by atoms with Crippen molar-refractivity contribution in [1.82, 2.24) is 0 Å². The maximum Gasteiger partial charge on any atom is 0.238 e. The molecule has 3 aliphatic heterocycles. The Labute approximate surface area is 268 Å². The number of anilines is 2. The minimum absolute atomic E-state index is 0.262. The van der Waals surface area contributed by atoms with Gasteiger partial charge >= 0.3 is 0 Å². The third-order valence-corrected chi connectivity index (χ3v) is 9.70. The number of amides is 1. The van der Waals surface area contributed by atoms with Gasteiger partial charge < -0.3 is 24.4 Å². The van der Waals surface area contributed by atoms with Gasteiger partial charge in [0.05, 0.1) is 33.3 Å². The van der Waals surface area contributed by atoms with Crippen LogP contribution in [-0.4, -0.2) is 50.9 Å². The van der Waals surface area contributed by atoms with E-state index >= 15 is 4.79 Å². The SMILES string of the molecule is COc1cc(C(=O)[C@@H]2[C@@H](C(=O)c3ccc(Br)cc3)[C@]3(C(=O)Nc4ccccc43)[C@H]3C=Cc4ccccc4N23)cc(OC)c1OC. The lowest BCUT2D eigenvalue weighted by atomic mass is 9.64. The quantitative estimate of drug-likeness (QED) is 0.231. The summed E-state index contributed by atoms with van der Waals surface area (Å²) in [5, 5.41) is 3.06. The van der Waals surface area contributed by atoms with E-state index in [2.05, 4.69) is 21.2 Å². The van der Waals surface area contributed by atoms with Crippen LogP contribution in [0.3, 0.4) is 0 Å². The molecule has 1 N–H and O–H groups in total. The number of ketones is 2. The molecule has 0 bridgehead atoms. The van der Waals surface area contributed by atoms with Crippen LogP contribution in [-0.2, 0) is 10.2 Å². The second-order valence-electron chi connectivity index (χ2n) is 11.2. The van der Waals surface area contributed by atoms with E-state index in [0.29, 0.717) is 34.1 Å². The Hall–Kier alpha value is -4.89. The van der Waals surface area contributed by atoms with Crippen LogP contribution >= 0.6 is 15.9 Å². The number of nitrogens with zero attached hydrogens (tertiary/aromatic N) is 1. The van der Waals surface area contributed by atoms with Crippen molar-refractivity contribution in [1.29, 1.82) is 0 Å². The summed E-state index contributed by atoms with van der Waals surface area (Å²) in [5.41, 5.74) is 2.21. The van der Waals surface area contributed by atoms with Gasteiger partial charge in [0.15, 0.2) is 23.1 Å². The smallest absolute Gasteiger partial charge is 0.238 e. The number of para-hydroxylation sites is 2. The fraction of sp³-hybridized carbons (Fsp3) is 0.194. The molecule has 3 heterocycles. The molecule has 1 saturated heterocycles. The number of methoxy groups -OCH3 is 3. The van der Waals surface area contributed by atoms with Crippen molar-refractivity contribution in [3.05, 3.63) is 118 Å². The zero-order chi connectivity index (χ0) is 31.5. The summed E-state index contributed by atoms with van der Waals surface area (Å²) in [6, 6.07) is 23.6. The monoisotopic (exact) mass is 664 g/mol. The van der Waals surface area contributed by atoms with Crippen molar-refractivity contribution in [2.24, 2.45) is 5.92 Å². The zero-order valence-corrected chi connectivity index (χ0v) is 26.3. The predicted molar refractivity (Wildman–Crippen MR) is 175 cm³/mol.